The molecule has 2 rings (SSSR count). The first-order valence-corrected chi connectivity index (χ1v) is 5.82. The molecule has 1 unspecified atom stereocenters. The van der Waals surface area contributed by atoms with Gasteiger partial charge in [0.1, 0.15) is 0 Å². The molecule has 0 amide bonds. The van der Waals surface area contributed by atoms with Crippen molar-refractivity contribution in [1.29, 1.82) is 0 Å². The molecule has 0 N–H and O–H groups in total. The molecular weight excluding hydrogens is 168 g/mol. The number of benzene rings is 1. The lowest BCUT2D eigenvalue weighted by Crippen LogP contribution is -2.07. The van der Waals surface area contributed by atoms with Gasteiger partial charge in [-0.15, -0.1) is 0 Å². The number of rotatable bonds is 4. The third-order valence-electron chi connectivity index (χ3n) is 3.32. The zero-order valence-electron chi connectivity index (χ0n) is 9.24. The average molecular weight is 188 g/mol. The molecule has 0 nitrogen and oxygen atoms in total. The maximum atomic E-state index is 2.35. The first-order chi connectivity index (χ1) is 6.77. The molecule has 0 heterocycles. The summed E-state index contributed by atoms with van der Waals surface area (Å²) in [5.74, 6) is 2.59. The van der Waals surface area contributed by atoms with Gasteiger partial charge in [-0.2, -0.15) is 0 Å². The summed E-state index contributed by atoms with van der Waals surface area (Å²) >= 11 is 0. The maximum Gasteiger partial charge on any atom is -0.0136 e. The van der Waals surface area contributed by atoms with E-state index in [2.05, 4.69) is 44.2 Å². The van der Waals surface area contributed by atoms with Crippen molar-refractivity contribution < 1.29 is 0 Å². The molecule has 0 spiro atoms. The Kier molecular flexibility index (Phi) is 2.90. The van der Waals surface area contributed by atoms with Crippen molar-refractivity contribution in [3.8, 4) is 0 Å². The highest BCUT2D eigenvalue weighted by atomic mass is 14.3. The predicted octanol–water partition coefficient (Wildman–Crippen LogP) is 4.23. The third kappa shape index (κ3) is 2.37. The van der Waals surface area contributed by atoms with Gasteiger partial charge in [-0.3, -0.25) is 0 Å². The summed E-state index contributed by atoms with van der Waals surface area (Å²) in [4.78, 5) is 0. The van der Waals surface area contributed by atoms with Gasteiger partial charge in [0, 0.05) is 0 Å². The van der Waals surface area contributed by atoms with Gasteiger partial charge < -0.3 is 0 Å². The SMILES string of the molecule is CC(C)C(CC1CC1)c1ccccc1. The summed E-state index contributed by atoms with van der Waals surface area (Å²) in [6.45, 7) is 4.69. The van der Waals surface area contributed by atoms with Crippen LogP contribution >= 0.6 is 0 Å². The molecule has 1 fully saturated rings. The Morgan fingerprint density at radius 3 is 2.29 bits per heavy atom. The molecular formula is C14H20. The van der Waals surface area contributed by atoms with E-state index in [1.165, 1.54) is 24.8 Å². The van der Waals surface area contributed by atoms with Crippen LogP contribution in [-0.2, 0) is 0 Å². The molecule has 0 saturated heterocycles. The molecule has 0 heteroatoms. The van der Waals surface area contributed by atoms with Crippen molar-refractivity contribution in [2.75, 3.05) is 0 Å². The fourth-order valence-electron chi connectivity index (χ4n) is 2.21. The molecule has 0 aliphatic heterocycles. The Morgan fingerprint density at radius 1 is 1.14 bits per heavy atom. The minimum absolute atomic E-state index is 0.776. The summed E-state index contributed by atoms with van der Waals surface area (Å²) in [6.07, 6.45) is 4.34. The lowest BCUT2D eigenvalue weighted by Gasteiger charge is -2.21. The quantitative estimate of drug-likeness (QED) is 0.663. The van der Waals surface area contributed by atoms with Gasteiger partial charge in [0.25, 0.3) is 0 Å². The van der Waals surface area contributed by atoms with E-state index in [1.54, 1.807) is 0 Å². The Labute approximate surface area is 87.3 Å². The Bertz CT molecular complexity index is 269. The van der Waals surface area contributed by atoms with E-state index in [0.717, 1.165) is 17.8 Å². The van der Waals surface area contributed by atoms with E-state index >= 15 is 0 Å². The largest absolute Gasteiger partial charge is 0.0622 e. The summed E-state index contributed by atoms with van der Waals surface area (Å²) in [6, 6.07) is 11.0. The lowest BCUT2D eigenvalue weighted by molar-refractivity contribution is 0.445. The summed E-state index contributed by atoms with van der Waals surface area (Å²) < 4.78 is 0. The molecule has 14 heavy (non-hydrogen) atoms. The lowest BCUT2D eigenvalue weighted by atomic mass is 9.84. The van der Waals surface area contributed by atoms with Gasteiger partial charge in [-0.1, -0.05) is 57.0 Å². The van der Waals surface area contributed by atoms with Gasteiger partial charge in [-0.05, 0) is 29.7 Å². The van der Waals surface area contributed by atoms with Crippen LogP contribution in [0, 0.1) is 11.8 Å². The van der Waals surface area contributed by atoms with Crippen LogP contribution in [0.1, 0.15) is 44.6 Å². The number of hydrogen-bond acceptors (Lipinski definition) is 0. The molecule has 1 atom stereocenters. The minimum atomic E-state index is 0.776. The van der Waals surface area contributed by atoms with E-state index in [-0.39, 0.29) is 0 Å². The van der Waals surface area contributed by atoms with E-state index in [4.69, 9.17) is 0 Å². The van der Waals surface area contributed by atoms with Crippen LogP contribution in [0.3, 0.4) is 0 Å². The topological polar surface area (TPSA) is 0 Å². The highest BCUT2D eigenvalue weighted by Crippen LogP contribution is 2.41. The van der Waals surface area contributed by atoms with Crippen LogP contribution in [0.15, 0.2) is 30.3 Å². The minimum Gasteiger partial charge on any atom is -0.0622 e. The Morgan fingerprint density at radius 2 is 1.79 bits per heavy atom. The van der Waals surface area contributed by atoms with Crippen molar-refractivity contribution >= 4 is 0 Å². The number of hydrogen-bond donors (Lipinski definition) is 0. The van der Waals surface area contributed by atoms with Crippen LogP contribution in [0.4, 0.5) is 0 Å². The van der Waals surface area contributed by atoms with Gasteiger partial charge in [0.2, 0.25) is 0 Å². The average Bonchev–Trinajstić information content (AvgIpc) is 2.99. The van der Waals surface area contributed by atoms with Crippen molar-refractivity contribution in [2.24, 2.45) is 11.8 Å². The van der Waals surface area contributed by atoms with E-state index in [1.807, 2.05) is 0 Å². The molecule has 1 aromatic carbocycles. The normalized spacial score (nSPS) is 18.5. The second-order valence-electron chi connectivity index (χ2n) is 4.94. The first kappa shape index (κ1) is 9.76. The summed E-state index contributed by atoms with van der Waals surface area (Å²) in [5, 5.41) is 0. The van der Waals surface area contributed by atoms with Gasteiger partial charge >= 0.3 is 0 Å². The highest BCUT2D eigenvalue weighted by molar-refractivity contribution is 5.20. The second-order valence-corrected chi connectivity index (χ2v) is 4.94. The highest BCUT2D eigenvalue weighted by Gasteiger charge is 2.27. The predicted molar refractivity (Wildman–Crippen MR) is 61.4 cm³/mol. The van der Waals surface area contributed by atoms with Crippen molar-refractivity contribution in [2.45, 2.75) is 39.0 Å². The zero-order valence-corrected chi connectivity index (χ0v) is 9.24. The maximum absolute atomic E-state index is 2.35. The van der Waals surface area contributed by atoms with Crippen LogP contribution in [0.5, 0.6) is 0 Å². The second kappa shape index (κ2) is 4.16. The van der Waals surface area contributed by atoms with Gasteiger partial charge in [0.15, 0.2) is 0 Å². The van der Waals surface area contributed by atoms with Crippen molar-refractivity contribution in [1.82, 2.24) is 0 Å². The molecule has 1 aromatic rings. The van der Waals surface area contributed by atoms with Crippen LogP contribution in [-0.4, -0.2) is 0 Å². The summed E-state index contributed by atoms with van der Waals surface area (Å²) in [7, 11) is 0. The standard InChI is InChI=1S/C14H20/c1-11(2)14(10-12-8-9-12)13-6-4-3-5-7-13/h3-7,11-12,14H,8-10H2,1-2H3. The van der Waals surface area contributed by atoms with Crippen LogP contribution < -0.4 is 0 Å². The van der Waals surface area contributed by atoms with Crippen molar-refractivity contribution in [3.63, 3.8) is 0 Å². The fourth-order valence-corrected chi connectivity index (χ4v) is 2.21. The first-order valence-electron chi connectivity index (χ1n) is 5.82. The van der Waals surface area contributed by atoms with Crippen LogP contribution in [0.25, 0.3) is 0 Å². The molecule has 0 bridgehead atoms. The molecule has 1 aliphatic rings. The smallest absolute Gasteiger partial charge is 0.0136 e. The third-order valence-corrected chi connectivity index (χ3v) is 3.32. The summed E-state index contributed by atoms with van der Waals surface area (Å²) in [5.41, 5.74) is 1.54. The molecule has 1 saturated carbocycles. The zero-order chi connectivity index (χ0) is 9.97. The Hall–Kier alpha value is -0.780. The van der Waals surface area contributed by atoms with E-state index in [9.17, 15) is 0 Å². The van der Waals surface area contributed by atoms with E-state index in [0.29, 0.717) is 0 Å². The monoisotopic (exact) mass is 188 g/mol. The van der Waals surface area contributed by atoms with Crippen molar-refractivity contribution in [3.05, 3.63) is 35.9 Å². The molecule has 76 valence electrons. The molecule has 0 radical (unpaired) electrons. The van der Waals surface area contributed by atoms with Crippen LogP contribution in [0.2, 0.25) is 0 Å². The molecule has 1 aliphatic carbocycles. The van der Waals surface area contributed by atoms with Gasteiger partial charge in [-0.25, -0.2) is 0 Å². The van der Waals surface area contributed by atoms with Gasteiger partial charge in [0.05, 0.1) is 0 Å². The van der Waals surface area contributed by atoms with E-state index < -0.39 is 0 Å². The molecule has 0 aromatic heterocycles. The Balaban J connectivity index is 2.09. The fraction of sp³-hybridized carbons (Fsp3) is 0.571.